The fraction of sp³-hybridized carbons (Fsp3) is 0.429. The van der Waals surface area contributed by atoms with Gasteiger partial charge in [-0.25, -0.2) is 15.0 Å². The zero-order valence-electron chi connectivity index (χ0n) is 11.7. The number of aromatic nitrogens is 4. The molecule has 1 amide bonds. The molecule has 0 aromatic carbocycles. The van der Waals surface area contributed by atoms with Gasteiger partial charge in [-0.3, -0.25) is 4.79 Å². The fourth-order valence-electron chi connectivity index (χ4n) is 2.58. The molecule has 110 valence electrons. The van der Waals surface area contributed by atoms with Gasteiger partial charge in [-0.15, -0.1) is 0 Å². The second-order valence-electron chi connectivity index (χ2n) is 5.02. The first kappa shape index (κ1) is 13.5. The van der Waals surface area contributed by atoms with Crippen molar-refractivity contribution in [1.82, 2.24) is 25.3 Å². The summed E-state index contributed by atoms with van der Waals surface area (Å²) in [5, 5.41) is 2.98. The Balaban J connectivity index is 1.56. The van der Waals surface area contributed by atoms with Crippen molar-refractivity contribution < 1.29 is 4.79 Å². The predicted molar refractivity (Wildman–Crippen MR) is 77.7 cm³/mol. The van der Waals surface area contributed by atoms with Crippen molar-refractivity contribution in [2.24, 2.45) is 0 Å². The van der Waals surface area contributed by atoms with Crippen LogP contribution in [0.15, 0.2) is 31.0 Å². The van der Waals surface area contributed by atoms with Crippen molar-refractivity contribution >= 4 is 11.9 Å². The lowest BCUT2D eigenvalue weighted by Crippen LogP contribution is -2.44. The van der Waals surface area contributed by atoms with Gasteiger partial charge in [0.15, 0.2) is 0 Å². The number of aromatic amines is 1. The molecule has 3 heterocycles. The normalized spacial score (nSPS) is 17.9. The van der Waals surface area contributed by atoms with Crippen LogP contribution >= 0.6 is 0 Å². The van der Waals surface area contributed by atoms with Crippen molar-refractivity contribution in [3.05, 3.63) is 36.7 Å². The maximum atomic E-state index is 12.3. The molecule has 0 bridgehead atoms. The Labute approximate surface area is 122 Å². The van der Waals surface area contributed by atoms with Gasteiger partial charge < -0.3 is 15.2 Å². The van der Waals surface area contributed by atoms with E-state index >= 15 is 0 Å². The van der Waals surface area contributed by atoms with Gasteiger partial charge in [-0.2, -0.15) is 0 Å². The first-order valence-electron chi connectivity index (χ1n) is 7.13. The number of nitrogens with zero attached hydrogens (tertiary/aromatic N) is 4. The molecule has 2 aromatic heterocycles. The highest BCUT2D eigenvalue weighted by Crippen LogP contribution is 2.21. The van der Waals surface area contributed by atoms with Crippen LogP contribution in [0.2, 0.25) is 0 Å². The van der Waals surface area contributed by atoms with Gasteiger partial charge in [-0.05, 0) is 18.9 Å². The van der Waals surface area contributed by atoms with Crippen LogP contribution in [-0.2, 0) is 11.2 Å². The SMILES string of the molecule is O=C(NCCc1cnc[nH]1)C1CCCN1c1ncccn1. The second kappa shape index (κ2) is 6.34. The number of H-pyrrole nitrogens is 1. The number of carbonyl (C=O) groups is 1. The molecule has 1 fully saturated rings. The highest BCUT2D eigenvalue weighted by molar-refractivity contribution is 5.85. The van der Waals surface area contributed by atoms with Crippen LogP contribution in [0.5, 0.6) is 0 Å². The van der Waals surface area contributed by atoms with Crippen molar-refractivity contribution in [1.29, 1.82) is 0 Å². The minimum absolute atomic E-state index is 0.0412. The fourth-order valence-corrected chi connectivity index (χ4v) is 2.58. The number of anilines is 1. The lowest BCUT2D eigenvalue weighted by atomic mass is 10.2. The Morgan fingerprint density at radius 2 is 2.29 bits per heavy atom. The zero-order chi connectivity index (χ0) is 14.5. The summed E-state index contributed by atoms with van der Waals surface area (Å²) in [6.07, 6.45) is 9.39. The van der Waals surface area contributed by atoms with Crippen LogP contribution in [0.25, 0.3) is 0 Å². The number of carbonyl (C=O) groups excluding carboxylic acids is 1. The predicted octanol–water partition coefficient (Wildman–Crippen LogP) is 0.527. The molecule has 1 saturated heterocycles. The van der Waals surface area contributed by atoms with Gasteiger partial charge in [0.1, 0.15) is 6.04 Å². The van der Waals surface area contributed by atoms with E-state index in [9.17, 15) is 4.79 Å². The lowest BCUT2D eigenvalue weighted by Gasteiger charge is -2.23. The molecule has 0 spiro atoms. The standard InChI is InChI=1S/C14H18N6O/c21-13(16-7-4-11-9-15-10-19-11)12-3-1-8-20(12)14-17-5-2-6-18-14/h2,5-6,9-10,12H,1,3-4,7-8H2,(H,15,19)(H,16,21). The first-order valence-corrected chi connectivity index (χ1v) is 7.13. The van der Waals surface area contributed by atoms with E-state index in [4.69, 9.17) is 0 Å². The van der Waals surface area contributed by atoms with E-state index in [0.29, 0.717) is 12.5 Å². The highest BCUT2D eigenvalue weighted by Gasteiger charge is 2.31. The molecule has 2 aromatic rings. The number of hydrogen-bond acceptors (Lipinski definition) is 5. The van der Waals surface area contributed by atoms with Gasteiger partial charge in [0.25, 0.3) is 0 Å². The number of nitrogens with one attached hydrogen (secondary N) is 2. The van der Waals surface area contributed by atoms with Crippen molar-refractivity contribution in [3.63, 3.8) is 0 Å². The van der Waals surface area contributed by atoms with Crippen LogP contribution < -0.4 is 10.2 Å². The average Bonchev–Trinajstić information content (AvgIpc) is 3.19. The molecule has 21 heavy (non-hydrogen) atoms. The second-order valence-corrected chi connectivity index (χ2v) is 5.02. The van der Waals surface area contributed by atoms with Gasteiger partial charge in [0.2, 0.25) is 11.9 Å². The van der Waals surface area contributed by atoms with E-state index in [-0.39, 0.29) is 11.9 Å². The van der Waals surface area contributed by atoms with Gasteiger partial charge in [0.05, 0.1) is 6.33 Å². The summed E-state index contributed by atoms with van der Waals surface area (Å²) in [5.74, 6) is 0.670. The number of imidazole rings is 1. The Bertz CT molecular complexity index is 570. The van der Waals surface area contributed by atoms with Gasteiger partial charge in [-0.1, -0.05) is 0 Å². The maximum Gasteiger partial charge on any atom is 0.242 e. The molecule has 0 saturated carbocycles. The van der Waals surface area contributed by atoms with Crippen LogP contribution in [0, 0.1) is 0 Å². The molecule has 3 rings (SSSR count). The summed E-state index contributed by atoms with van der Waals surface area (Å²) in [6.45, 7) is 1.42. The van der Waals surface area contributed by atoms with E-state index in [1.807, 2.05) is 4.90 Å². The average molecular weight is 286 g/mol. The number of hydrogen-bond donors (Lipinski definition) is 2. The Hall–Kier alpha value is -2.44. The molecule has 1 atom stereocenters. The van der Waals surface area contributed by atoms with E-state index in [0.717, 1.165) is 31.5 Å². The monoisotopic (exact) mass is 286 g/mol. The molecule has 1 aliphatic rings. The Morgan fingerprint density at radius 1 is 1.43 bits per heavy atom. The Morgan fingerprint density at radius 3 is 3.05 bits per heavy atom. The first-order chi connectivity index (χ1) is 10.3. The summed E-state index contributed by atoms with van der Waals surface area (Å²) in [6, 6.07) is 1.60. The summed E-state index contributed by atoms with van der Waals surface area (Å²) < 4.78 is 0. The quantitative estimate of drug-likeness (QED) is 0.837. The third-order valence-corrected chi connectivity index (χ3v) is 3.61. The summed E-state index contributed by atoms with van der Waals surface area (Å²) in [7, 11) is 0. The molecular weight excluding hydrogens is 268 g/mol. The van der Waals surface area contributed by atoms with E-state index in [1.54, 1.807) is 31.0 Å². The summed E-state index contributed by atoms with van der Waals surface area (Å²) in [4.78, 5) is 29.8. The molecule has 0 radical (unpaired) electrons. The molecular formula is C14H18N6O. The molecule has 1 unspecified atom stereocenters. The topological polar surface area (TPSA) is 86.8 Å². The Kier molecular flexibility index (Phi) is 4.09. The summed E-state index contributed by atoms with van der Waals surface area (Å²) in [5.41, 5.74) is 1.02. The molecule has 7 nitrogen and oxygen atoms in total. The largest absolute Gasteiger partial charge is 0.354 e. The molecule has 7 heteroatoms. The van der Waals surface area contributed by atoms with E-state index in [1.165, 1.54) is 0 Å². The van der Waals surface area contributed by atoms with E-state index < -0.39 is 0 Å². The highest BCUT2D eigenvalue weighted by atomic mass is 16.2. The van der Waals surface area contributed by atoms with Crippen molar-refractivity contribution in [3.8, 4) is 0 Å². The van der Waals surface area contributed by atoms with Gasteiger partial charge >= 0.3 is 0 Å². The van der Waals surface area contributed by atoms with Crippen LogP contribution in [0.3, 0.4) is 0 Å². The molecule has 0 aliphatic carbocycles. The third-order valence-electron chi connectivity index (χ3n) is 3.61. The van der Waals surface area contributed by atoms with E-state index in [2.05, 4.69) is 25.3 Å². The van der Waals surface area contributed by atoms with Gasteiger partial charge in [0, 0.05) is 43.8 Å². The van der Waals surface area contributed by atoms with Crippen molar-refractivity contribution in [2.75, 3.05) is 18.0 Å². The molecule has 2 N–H and O–H groups in total. The van der Waals surface area contributed by atoms with Crippen LogP contribution in [0.1, 0.15) is 18.5 Å². The smallest absolute Gasteiger partial charge is 0.242 e. The van der Waals surface area contributed by atoms with Crippen LogP contribution in [0.4, 0.5) is 5.95 Å². The summed E-state index contributed by atoms with van der Waals surface area (Å²) >= 11 is 0. The zero-order valence-corrected chi connectivity index (χ0v) is 11.7. The lowest BCUT2D eigenvalue weighted by molar-refractivity contribution is -0.122. The third kappa shape index (κ3) is 3.18. The number of amides is 1. The van der Waals surface area contributed by atoms with Crippen LogP contribution in [-0.4, -0.2) is 45.0 Å². The minimum atomic E-state index is -0.172. The molecule has 1 aliphatic heterocycles. The maximum absolute atomic E-state index is 12.3. The minimum Gasteiger partial charge on any atom is -0.354 e. The number of rotatable bonds is 5. The van der Waals surface area contributed by atoms with Crippen molar-refractivity contribution in [2.45, 2.75) is 25.3 Å².